The molecule has 0 unspecified atom stereocenters. The first-order valence-electron chi connectivity index (χ1n) is 7.25. The van der Waals surface area contributed by atoms with E-state index in [0.717, 1.165) is 24.8 Å². The molecular weight excluding hydrogens is 260 g/mol. The maximum absolute atomic E-state index is 11.5. The van der Waals surface area contributed by atoms with Crippen molar-refractivity contribution in [1.82, 2.24) is 0 Å². The normalized spacial score (nSPS) is 15.6. The van der Waals surface area contributed by atoms with Crippen LogP contribution in [0.25, 0.3) is 16.7 Å². The molecule has 106 valence electrons. The molecule has 2 heteroatoms. The minimum Gasteiger partial charge on any atom is -0.466 e. The number of rotatable bonds is 2. The molecule has 0 aromatic heterocycles. The Morgan fingerprint density at radius 3 is 2.62 bits per heavy atom. The van der Waals surface area contributed by atoms with E-state index in [1.807, 2.05) is 18.2 Å². The maximum atomic E-state index is 11.5. The van der Waals surface area contributed by atoms with Gasteiger partial charge in [-0.1, -0.05) is 42.5 Å². The van der Waals surface area contributed by atoms with E-state index in [4.69, 9.17) is 4.74 Å². The molecule has 0 saturated heterocycles. The van der Waals surface area contributed by atoms with Crippen molar-refractivity contribution in [3.63, 3.8) is 0 Å². The highest BCUT2D eigenvalue weighted by molar-refractivity contribution is 5.92. The number of carbonyl (C=O) groups is 1. The van der Waals surface area contributed by atoms with E-state index in [0.29, 0.717) is 0 Å². The van der Waals surface area contributed by atoms with Gasteiger partial charge < -0.3 is 4.74 Å². The number of hydrogen-bond acceptors (Lipinski definition) is 2. The number of fused-ring (bicyclic) bond motifs is 1. The molecule has 0 fully saturated rings. The van der Waals surface area contributed by atoms with Gasteiger partial charge >= 0.3 is 5.97 Å². The second kappa shape index (κ2) is 5.96. The van der Waals surface area contributed by atoms with Crippen molar-refractivity contribution in [1.29, 1.82) is 0 Å². The largest absolute Gasteiger partial charge is 0.466 e. The van der Waals surface area contributed by atoms with Crippen molar-refractivity contribution in [2.75, 3.05) is 7.11 Å². The zero-order valence-corrected chi connectivity index (χ0v) is 12.1. The fourth-order valence-corrected chi connectivity index (χ4v) is 2.86. The quantitative estimate of drug-likeness (QED) is 0.606. The minimum absolute atomic E-state index is 0.275. The van der Waals surface area contributed by atoms with Gasteiger partial charge in [0.25, 0.3) is 0 Å². The van der Waals surface area contributed by atoms with E-state index >= 15 is 0 Å². The zero-order chi connectivity index (χ0) is 14.7. The first-order valence-corrected chi connectivity index (χ1v) is 7.25. The highest BCUT2D eigenvalue weighted by atomic mass is 16.5. The molecule has 1 aliphatic rings. The summed E-state index contributed by atoms with van der Waals surface area (Å²) >= 11 is 0. The van der Waals surface area contributed by atoms with Gasteiger partial charge in [0.15, 0.2) is 0 Å². The van der Waals surface area contributed by atoms with Gasteiger partial charge in [0, 0.05) is 6.08 Å². The molecule has 0 aliphatic heterocycles. The van der Waals surface area contributed by atoms with Gasteiger partial charge in [0.1, 0.15) is 0 Å². The van der Waals surface area contributed by atoms with Crippen LogP contribution in [0.2, 0.25) is 0 Å². The number of methoxy groups -OCH3 is 1. The smallest absolute Gasteiger partial charge is 0.330 e. The summed E-state index contributed by atoms with van der Waals surface area (Å²) in [6.45, 7) is 0. The minimum atomic E-state index is -0.275. The van der Waals surface area contributed by atoms with Crippen LogP contribution in [0.1, 0.15) is 24.0 Å². The average molecular weight is 278 g/mol. The number of esters is 1. The van der Waals surface area contributed by atoms with Crippen LogP contribution in [0.4, 0.5) is 0 Å². The molecule has 0 saturated carbocycles. The molecule has 1 aliphatic carbocycles. The summed E-state index contributed by atoms with van der Waals surface area (Å²) in [4.78, 5) is 11.5. The van der Waals surface area contributed by atoms with Gasteiger partial charge in [0.05, 0.1) is 7.11 Å². The van der Waals surface area contributed by atoms with Crippen LogP contribution in [-0.4, -0.2) is 13.1 Å². The van der Waals surface area contributed by atoms with Crippen LogP contribution < -0.4 is 0 Å². The van der Waals surface area contributed by atoms with E-state index in [1.54, 1.807) is 6.08 Å². The lowest BCUT2D eigenvalue weighted by molar-refractivity contribution is -0.134. The summed E-state index contributed by atoms with van der Waals surface area (Å²) in [7, 11) is 1.42. The molecule has 2 nitrogen and oxygen atoms in total. The predicted octanol–water partition coefficient (Wildman–Crippen LogP) is 4.25. The molecule has 0 radical (unpaired) electrons. The fourth-order valence-electron chi connectivity index (χ4n) is 2.86. The lowest BCUT2D eigenvalue weighted by Crippen LogP contribution is -2.05. The van der Waals surface area contributed by atoms with Crippen molar-refractivity contribution >= 4 is 11.5 Å². The Hall–Kier alpha value is -2.35. The van der Waals surface area contributed by atoms with Gasteiger partial charge in [-0.15, -0.1) is 0 Å². The van der Waals surface area contributed by atoms with E-state index in [9.17, 15) is 4.79 Å². The molecule has 0 atom stereocenters. The predicted molar refractivity (Wildman–Crippen MR) is 84.8 cm³/mol. The van der Waals surface area contributed by atoms with Gasteiger partial charge in [0.2, 0.25) is 0 Å². The summed E-state index contributed by atoms with van der Waals surface area (Å²) in [6, 6.07) is 16.8. The Balaban J connectivity index is 2.05. The van der Waals surface area contributed by atoms with Crippen LogP contribution in [0.3, 0.4) is 0 Å². The first-order chi connectivity index (χ1) is 10.3. The molecule has 0 spiro atoms. The SMILES string of the molecule is COC(=O)C=C1CCCc2ccc(-c3ccccc3)cc21. The van der Waals surface area contributed by atoms with Crippen LogP contribution in [0, 0.1) is 0 Å². The second-order valence-corrected chi connectivity index (χ2v) is 5.28. The monoisotopic (exact) mass is 278 g/mol. The number of carbonyl (C=O) groups excluding carboxylic acids is 1. The van der Waals surface area contributed by atoms with Gasteiger partial charge in [-0.05, 0) is 53.2 Å². The topological polar surface area (TPSA) is 26.3 Å². The molecule has 0 bridgehead atoms. The first kappa shape index (κ1) is 13.6. The maximum Gasteiger partial charge on any atom is 0.330 e. The summed E-state index contributed by atoms with van der Waals surface area (Å²) in [5, 5.41) is 0. The van der Waals surface area contributed by atoms with E-state index in [1.165, 1.54) is 29.4 Å². The molecule has 21 heavy (non-hydrogen) atoms. The third kappa shape index (κ3) is 2.89. The van der Waals surface area contributed by atoms with Crippen LogP contribution in [0.15, 0.2) is 54.6 Å². The molecule has 2 aromatic rings. The van der Waals surface area contributed by atoms with Gasteiger partial charge in [-0.2, -0.15) is 0 Å². The molecule has 3 rings (SSSR count). The highest BCUT2D eigenvalue weighted by Gasteiger charge is 2.16. The fraction of sp³-hybridized carbons (Fsp3) is 0.211. The lowest BCUT2D eigenvalue weighted by atomic mass is 9.85. The van der Waals surface area contributed by atoms with Crippen molar-refractivity contribution in [3.8, 4) is 11.1 Å². The number of aryl methyl sites for hydroxylation is 1. The number of benzene rings is 2. The molecular formula is C19H18O2. The summed E-state index contributed by atoms with van der Waals surface area (Å²) in [5.41, 5.74) is 5.97. The second-order valence-electron chi connectivity index (χ2n) is 5.28. The van der Waals surface area contributed by atoms with E-state index in [2.05, 4.69) is 30.3 Å². The Bertz CT molecular complexity index is 684. The van der Waals surface area contributed by atoms with E-state index < -0.39 is 0 Å². The Labute approximate surface area is 125 Å². The summed E-state index contributed by atoms with van der Waals surface area (Å²) in [6.07, 6.45) is 4.72. The standard InChI is InChI=1S/C19H18O2/c1-21-19(20)13-17-9-5-8-15-10-11-16(12-18(15)17)14-6-3-2-4-7-14/h2-4,6-7,10-13H,5,8-9H2,1H3. The number of hydrogen-bond donors (Lipinski definition) is 0. The zero-order valence-electron chi connectivity index (χ0n) is 12.1. The molecule has 0 amide bonds. The molecule has 0 heterocycles. The van der Waals surface area contributed by atoms with Crippen LogP contribution in [0.5, 0.6) is 0 Å². The van der Waals surface area contributed by atoms with Crippen molar-refractivity contribution in [2.24, 2.45) is 0 Å². The Kier molecular flexibility index (Phi) is 3.87. The van der Waals surface area contributed by atoms with Crippen LogP contribution in [-0.2, 0) is 16.0 Å². The lowest BCUT2D eigenvalue weighted by Gasteiger charge is -2.20. The van der Waals surface area contributed by atoms with E-state index in [-0.39, 0.29) is 5.97 Å². The number of ether oxygens (including phenoxy) is 1. The summed E-state index contributed by atoms with van der Waals surface area (Å²) in [5.74, 6) is -0.275. The van der Waals surface area contributed by atoms with Crippen LogP contribution >= 0.6 is 0 Å². The summed E-state index contributed by atoms with van der Waals surface area (Å²) < 4.78 is 4.77. The van der Waals surface area contributed by atoms with Crippen molar-refractivity contribution in [3.05, 3.63) is 65.7 Å². The third-order valence-electron chi connectivity index (χ3n) is 3.95. The highest BCUT2D eigenvalue weighted by Crippen LogP contribution is 2.34. The van der Waals surface area contributed by atoms with Crippen molar-refractivity contribution < 1.29 is 9.53 Å². The van der Waals surface area contributed by atoms with Gasteiger partial charge in [-0.3, -0.25) is 0 Å². The third-order valence-corrected chi connectivity index (χ3v) is 3.95. The van der Waals surface area contributed by atoms with Crippen molar-refractivity contribution in [2.45, 2.75) is 19.3 Å². The Morgan fingerprint density at radius 1 is 1.05 bits per heavy atom. The molecule has 0 N–H and O–H groups in total. The number of allylic oxidation sites excluding steroid dienone is 1. The molecule has 2 aromatic carbocycles. The average Bonchev–Trinajstić information content (AvgIpc) is 2.55. The van der Waals surface area contributed by atoms with Gasteiger partial charge in [-0.25, -0.2) is 4.79 Å². The Morgan fingerprint density at radius 2 is 1.86 bits per heavy atom.